The highest BCUT2D eigenvalue weighted by molar-refractivity contribution is 5.96. The van der Waals surface area contributed by atoms with Crippen LogP contribution in [0.2, 0.25) is 0 Å². The molecule has 7 heteroatoms. The number of carbonyl (C=O) groups is 2. The standard InChI is InChI=1S/C28H28N4O3/c33-26(24-15-20-7-10-29-18-25(20)35-24)30-17-22-16-28(22)8-13-32(14-9-28)27(34)23-6-2-1-5-21(23)19-31-11-3-4-12-31/h1-7,10-12,15,18,22H,8-9,13-14,16-17,19H2,(H,30,33). The lowest BCUT2D eigenvalue weighted by Crippen LogP contribution is -2.40. The molecule has 2 fully saturated rings. The second-order valence-corrected chi connectivity index (χ2v) is 9.80. The molecule has 1 aliphatic heterocycles. The number of hydrogen-bond acceptors (Lipinski definition) is 4. The highest BCUT2D eigenvalue weighted by Crippen LogP contribution is 2.59. The summed E-state index contributed by atoms with van der Waals surface area (Å²) in [6.07, 6.45) is 10.4. The number of amides is 2. The van der Waals surface area contributed by atoms with E-state index < -0.39 is 0 Å². The van der Waals surface area contributed by atoms with Crippen LogP contribution in [0.1, 0.15) is 45.7 Å². The Bertz CT molecular complexity index is 1330. The molecule has 1 aromatic carbocycles. The summed E-state index contributed by atoms with van der Waals surface area (Å²) in [5.41, 5.74) is 2.69. The zero-order valence-electron chi connectivity index (χ0n) is 19.5. The van der Waals surface area contributed by atoms with Crippen LogP contribution in [0, 0.1) is 11.3 Å². The van der Waals surface area contributed by atoms with Gasteiger partial charge in [-0.3, -0.25) is 14.6 Å². The number of furan rings is 1. The molecule has 4 heterocycles. The van der Waals surface area contributed by atoms with E-state index in [9.17, 15) is 9.59 Å². The summed E-state index contributed by atoms with van der Waals surface area (Å²) in [6, 6.07) is 15.5. The molecule has 1 aliphatic carbocycles. The summed E-state index contributed by atoms with van der Waals surface area (Å²) in [5, 5.41) is 3.92. The number of pyridine rings is 1. The van der Waals surface area contributed by atoms with Crippen molar-refractivity contribution in [2.75, 3.05) is 19.6 Å². The molecule has 178 valence electrons. The Labute approximate surface area is 203 Å². The summed E-state index contributed by atoms with van der Waals surface area (Å²) in [4.78, 5) is 32.0. The largest absolute Gasteiger partial charge is 0.449 e. The maximum absolute atomic E-state index is 13.4. The predicted molar refractivity (Wildman–Crippen MR) is 132 cm³/mol. The normalized spacial score (nSPS) is 18.6. The number of hydrogen-bond donors (Lipinski definition) is 1. The Morgan fingerprint density at radius 3 is 2.69 bits per heavy atom. The molecule has 1 spiro atoms. The first-order chi connectivity index (χ1) is 17.1. The molecule has 0 bridgehead atoms. The Hall–Kier alpha value is -3.87. The zero-order chi connectivity index (χ0) is 23.8. The smallest absolute Gasteiger partial charge is 0.287 e. The van der Waals surface area contributed by atoms with E-state index >= 15 is 0 Å². The lowest BCUT2D eigenvalue weighted by Gasteiger charge is -2.33. The van der Waals surface area contributed by atoms with Crippen LogP contribution in [-0.2, 0) is 6.54 Å². The van der Waals surface area contributed by atoms with Gasteiger partial charge >= 0.3 is 0 Å². The minimum absolute atomic E-state index is 0.118. The van der Waals surface area contributed by atoms with Gasteiger partial charge in [0.15, 0.2) is 11.3 Å². The highest BCUT2D eigenvalue weighted by Gasteiger charge is 2.54. The molecule has 1 N–H and O–H groups in total. The van der Waals surface area contributed by atoms with E-state index in [0.717, 1.165) is 48.9 Å². The molecule has 1 unspecified atom stereocenters. The van der Waals surface area contributed by atoms with Gasteiger partial charge in [0.1, 0.15) is 0 Å². The van der Waals surface area contributed by atoms with E-state index in [2.05, 4.69) is 14.9 Å². The number of nitrogens with one attached hydrogen (secondary N) is 1. The minimum atomic E-state index is -0.185. The van der Waals surface area contributed by atoms with Crippen LogP contribution in [0.15, 0.2) is 77.7 Å². The lowest BCUT2D eigenvalue weighted by atomic mass is 9.90. The molecule has 1 saturated heterocycles. The van der Waals surface area contributed by atoms with Gasteiger partial charge in [-0.1, -0.05) is 18.2 Å². The van der Waals surface area contributed by atoms with Crippen molar-refractivity contribution in [1.29, 1.82) is 0 Å². The quantitative estimate of drug-likeness (QED) is 0.456. The molecular weight excluding hydrogens is 440 g/mol. The monoisotopic (exact) mass is 468 g/mol. The third-order valence-corrected chi connectivity index (χ3v) is 7.73. The zero-order valence-corrected chi connectivity index (χ0v) is 19.5. The third kappa shape index (κ3) is 4.22. The van der Waals surface area contributed by atoms with E-state index in [0.29, 0.717) is 30.4 Å². The van der Waals surface area contributed by atoms with Crippen LogP contribution in [0.5, 0.6) is 0 Å². The summed E-state index contributed by atoms with van der Waals surface area (Å²) in [6.45, 7) is 2.85. The third-order valence-electron chi connectivity index (χ3n) is 7.73. The van der Waals surface area contributed by atoms with Gasteiger partial charge in [-0.25, -0.2) is 0 Å². The van der Waals surface area contributed by atoms with Crippen molar-refractivity contribution in [3.8, 4) is 0 Å². The fraction of sp³-hybridized carbons (Fsp3) is 0.321. The van der Waals surface area contributed by atoms with Crippen LogP contribution in [0.25, 0.3) is 11.0 Å². The summed E-state index contributed by atoms with van der Waals surface area (Å²) in [7, 11) is 0. The number of aromatic nitrogens is 2. The van der Waals surface area contributed by atoms with Crippen LogP contribution < -0.4 is 5.32 Å². The summed E-state index contributed by atoms with van der Waals surface area (Å²) >= 11 is 0. The Morgan fingerprint density at radius 1 is 1.09 bits per heavy atom. The fourth-order valence-electron chi connectivity index (χ4n) is 5.50. The second kappa shape index (κ2) is 8.73. The molecule has 2 amide bonds. The summed E-state index contributed by atoms with van der Waals surface area (Å²) in [5.74, 6) is 0.708. The number of piperidine rings is 1. The van der Waals surface area contributed by atoms with Gasteiger partial charge in [0.2, 0.25) is 0 Å². The molecular formula is C28H28N4O3. The van der Waals surface area contributed by atoms with Gasteiger partial charge in [-0.2, -0.15) is 0 Å². The molecule has 0 radical (unpaired) electrons. The molecule has 7 nitrogen and oxygen atoms in total. The Kier molecular flexibility index (Phi) is 5.40. The maximum Gasteiger partial charge on any atom is 0.287 e. The van der Waals surface area contributed by atoms with E-state index in [1.54, 1.807) is 18.5 Å². The minimum Gasteiger partial charge on any atom is -0.449 e. The Balaban J connectivity index is 1.03. The van der Waals surface area contributed by atoms with Crippen molar-refractivity contribution in [1.82, 2.24) is 19.8 Å². The number of fused-ring (bicyclic) bond motifs is 1. The van der Waals surface area contributed by atoms with Gasteiger partial charge in [-0.15, -0.1) is 0 Å². The van der Waals surface area contributed by atoms with Gasteiger partial charge in [0.05, 0.1) is 6.20 Å². The average Bonchev–Trinajstić information content (AvgIpc) is 3.24. The SMILES string of the molecule is O=C(NCC1CC12CCN(C(=O)c1ccccc1Cn1cccc1)CC2)c1cc2ccncc2o1. The van der Waals surface area contributed by atoms with Crippen LogP contribution in [0.3, 0.4) is 0 Å². The number of nitrogens with zero attached hydrogens (tertiary/aromatic N) is 3. The van der Waals surface area contributed by atoms with Crippen molar-refractivity contribution >= 4 is 22.8 Å². The molecule has 1 saturated carbocycles. The molecule has 6 rings (SSSR count). The molecule has 3 aromatic heterocycles. The fourth-order valence-corrected chi connectivity index (χ4v) is 5.50. The first kappa shape index (κ1) is 21.6. The highest BCUT2D eigenvalue weighted by atomic mass is 16.3. The summed E-state index contributed by atoms with van der Waals surface area (Å²) < 4.78 is 7.71. The second-order valence-electron chi connectivity index (χ2n) is 9.80. The predicted octanol–water partition coefficient (Wildman–Crippen LogP) is 4.35. The molecule has 2 aliphatic rings. The van der Waals surface area contributed by atoms with Crippen LogP contribution >= 0.6 is 0 Å². The average molecular weight is 469 g/mol. The van der Waals surface area contributed by atoms with Crippen molar-refractivity contribution < 1.29 is 14.0 Å². The van der Waals surface area contributed by atoms with Gasteiger partial charge in [0, 0.05) is 55.7 Å². The topological polar surface area (TPSA) is 80.4 Å². The van der Waals surface area contributed by atoms with Crippen LogP contribution in [0.4, 0.5) is 0 Å². The van der Waals surface area contributed by atoms with E-state index in [4.69, 9.17) is 4.42 Å². The molecule has 4 aromatic rings. The number of rotatable bonds is 6. The van der Waals surface area contributed by atoms with E-state index in [1.165, 1.54) is 0 Å². The first-order valence-corrected chi connectivity index (χ1v) is 12.2. The number of benzene rings is 1. The van der Waals surface area contributed by atoms with Gasteiger partial charge in [-0.05, 0) is 66.5 Å². The maximum atomic E-state index is 13.4. The number of likely N-dealkylation sites (tertiary alicyclic amines) is 1. The van der Waals surface area contributed by atoms with Gasteiger partial charge in [0.25, 0.3) is 11.8 Å². The van der Waals surface area contributed by atoms with Crippen molar-refractivity contribution in [2.24, 2.45) is 11.3 Å². The van der Waals surface area contributed by atoms with Gasteiger partial charge < -0.3 is 19.2 Å². The Morgan fingerprint density at radius 2 is 1.89 bits per heavy atom. The van der Waals surface area contributed by atoms with Crippen LogP contribution in [-0.4, -0.2) is 45.9 Å². The van der Waals surface area contributed by atoms with Crippen molar-refractivity contribution in [2.45, 2.75) is 25.8 Å². The first-order valence-electron chi connectivity index (χ1n) is 12.2. The number of carbonyl (C=O) groups excluding carboxylic acids is 2. The van der Waals surface area contributed by atoms with E-state index in [1.807, 2.05) is 59.8 Å². The molecule has 35 heavy (non-hydrogen) atoms. The molecule has 1 atom stereocenters. The lowest BCUT2D eigenvalue weighted by molar-refractivity contribution is 0.0667. The van der Waals surface area contributed by atoms with E-state index in [-0.39, 0.29) is 17.2 Å². The van der Waals surface area contributed by atoms with Crippen molar-refractivity contribution in [3.63, 3.8) is 0 Å². The van der Waals surface area contributed by atoms with Crippen molar-refractivity contribution in [3.05, 3.63) is 90.2 Å².